The topological polar surface area (TPSA) is 40.9 Å². The minimum Gasteiger partial charge on any atom is -0.301 e. The van der Waals surface area contributed by atoms with Crippen LogP contribution in [-0.2, 0) is 4.79 Å². The highest BCUT2D eigenvalue weighted by atomic mass is 16.1. The van der Waals surface area contributed by atoms with Crippen LogP contribution in [0.2, 0.25) is 0 Å². The summed E-state index contributed by atoms with van der Waals surface area (Å²) in [5.41, 5.74) is 2.31. The fourth-order valence-corrected chi connectivity index (χ4v) is 0.986. The third-order valence-electron chi connectivity index (χ3n) is 1.62. The Morgan fingerprint density at radius 2 is 2.11 bits per heavy atom. The van der Waals surface area contributed by atoms with E-state index in [2.05, 4.69) is 0 Å². The first-order valence-corrected chi connectivity index (χ1v) is 2.82. The van der Waals surface area contributed by atoms with Crippen LogP contribution in [0.1, 0.15) is 6.42 Å². The molecule has 9 heavy (non-hydrogen) atoms. The van der Waals surface area contributed by atoms with Gasteiger partial charge in [0.15, 0.2) is 5.78 Å². The molecule has 0 spiro atoms. The van der Waals surface area contributed by atoms with E-state index in [4.69, 9.17) is 5.41 Å². The Labute approximate surface area is 52.4 Å². The van der Waals surface area contributed by atoms with Crippen LogP contribution in [0.15, 0.2) is 23.3 Å². The highest BCUT2D eigenvalue weighted by Crippen LogP contribution is 2.35. The first-order valence-electron chi connectivity index (χ1n) is 2.82. The summed E-state index contributed by atoms with van der Waals surface area (Å²) in [5, 5.41) is 7.23. The molecule has 0 bridgehead atoms. The summed E-state index contributed by atoms with van der Waals surface area (Å²) >= 11 is 0. The molecule has 0 aromatic carbocycles. The van der Waals surface area contributed by atoms with Crippen molar-refractivity contribution in [3.8, 4) is 0 Å². The predicted octanol–water partition coefficient (Wildman–Crippen LogP) is 0.845. The van der Waals surface area contributed by atoms with E-state index in [-0.39, 0.29) is 5.78 Å². The van der Waals surface area contributed by atoms with Crippen LogP contribution in [0.25, 0.3) is 0 Å². The molecule has 2 aliphatic carbocycles. The lowest BCUT2D eigenvalue weighted by atomic mass is 10.2. The van der Waals surface area contributed by atoms with Crippen LogP contribution < -0.4 is 0 Å². The van der Waals surface area contributed by atoms with Gasteiger partial charge in [0.05, 0.1) is 5.71 Å². The van der Waals surface area contributed by atoms with Gasteiger partial charge in [-0.05, 0) is 17.7 Å². The maximum Gasteiger partial charge on any atom is 0.182 e. The molecule has 44 valence electrons. The molecule has 0 heterocycles. The second kappa shape index (κ2) is 1.21. The van der Waals surface area contributed by atoms with Gasteiger partial charge in [0, 0.05) is 12.0 Å². The van der Waals surface area contributed by atoms with Crippen molar-refractivity contribution in [2.45, 2.75) is 6.42 Å². The van der Waals surface area contributed by atoms with Crippen molar-refractivity contribution < 1.29 is 4.79 Å². The Bertz CT molecular complexity index is 245. The minimum absolute atomic E-state index is 0.0981. The van der Waals surface area contributed by atoms with Gasteiger partial charge in [-0.15, -0.1) is 0 Å². The Kier molecular flexibility index (Phi) is 0.628. The molecule has 0 radical (unpaired) electrons. The average Bonchev–Trinajstić information content (AvgIpc) is 2.57. The zero-order chi connectivity index (χ0) is 6.43. The number of carbonyl (C=O) groups excluding carboxylic acids is 1. The summed E-state index contributed by atoms with van der Waals surface area (Å²) in [6.07, 6.45) is 3.78. The van der Waals surface area contributed by atoms with E-state index in [9.17, 15) is 4.79 Å². The largest absolute Gasteiger partial charge is 0.301 e. The molecular weight excluding hydrogens is 114 g/mol. The van der Waals surface area contributed by atoms with Gasteiger partial charge < -0.3 is 5.41 Å². The number of hydrogen-bond acceptors (Lipinski definition) is 2. The fraction of sp³-hybridized carbons (Fsp3) is 0.143. The summed E-state index contributed by atoms with van der Waals surface area (Å²) in [6.45, 7) is 0. The molecule has 0 saturated heterocycles. The molecule has 0 aromatic heterocycles. The SMILES string of the molecule is N=C1C=CC(=O)C2=C1C2. The van der Waals surface area contributed by atoms with Gasteiger partial charge in [-0.1, -0.05) is 0 Å². The van der Waals surface area contributed by atoms with Gasteiger partial charge in [0.2, 0.25) is 0 Å². The summed E-state index contributed by atoms with van der Waals surface area (Å²) in [6, 6.07) is 0. The van der Waals surface area contributed by atoms with E-state index < -0.39 is 0 Å². The van der Waals surface area contributed by atoms with E-state index in [0.717, 1.165) is 17.6 Å². The van der Waals surface area contributed by atoms with Crippen LogP contribution in [0.5, 0.6) is 0 Å². The van der Waals surface area contributed by atoms with Crippen molar-refractivity contribution in [2.24, 2.45) is 0 Å². The van der Waals surface area contributed by atoms with E-state index in [1.807, 2.05) is 0 Å². The third-order valence-corrected chi connectivity index (χ3v) is 1.62. The number of carbonyl (C=O) groups is 1. The zero-order valence-corrected chi connectivity index (χ0v) is 4.77. The number of rotatable bonds is 0. The van der Waals surface area contributed by atoms with Crippen molar-refractivity contribution in [1.82, 2.24) is 0 Å². The molecule has 0 atom stereocenters. The molecule has 0 fully saturated rings. The van der Waals surface area contributed by atoms with Crippen LogP contribution in [0, 0.1) is 5.41 Å². The Morgan fingerprint density at radius 3 is 2.78 bits per heavy atom. The summed E-state index contributed by atoms with van der Waals surface area (Å²) < 4.78 is 0. The molecule has 0 aromatic rings. The van der Waals surface area contributed by atoms with Crippen molar-refractivity contribution >= 4 is 11.5 Å². The van der Waals surface area contributed by atoms with E-state index in [1.165, 1.54) is 6.08 Å². The number of hydrogen-bond donors (Lipinski definition) is 1. The van der Waals surface area contributed by atoms with E-state index >= 15 is 0 Å². The van der Waals surface area contributed by atoms with Gasteiger partial charge in [0.1, 0.15) is 0 Å². The Hall–Kier alpha value is -1.18. The first-order chi connectivity index (χ1) is 4.29. The molecule has 0 saturated carbocycles. The highest BCUT2D eigenvalue weighted by molar-refractivity contribution is 6.26. The molecular formula is C7H5NO. The number of ketones is 1. The lowest BCUT2D eigenvalue weighted by molar-refractivity contribution is -0.111. The zero-order valence-electron chi connectivity index (χ0n) is 4.77. The van der Waals surface area contributed by atoms with Crippen LogP contribution >= 0.6 is 0 Å². The third kappa shape index (κ3) is 0.499. The lowest BCUT2D eigenvalue weighted by Gasteiger charge is -1.90. The highest BCUT2D eigenvalue weighted by Gasteiger charge is 2.31. The quantitative estimate of drug-likeness (QED) is 0.472. The first kappa shape index (κ1) is 4.68. The van der Waals surface area contributed by atoms with Crippen LogP contribution in [-0.4, -0.2) is 11.5 Å². The standard InChI is InChI=1S/C7H5NO/c8-6-1-2-7(9)5-3-4(5)6/h1-2,8H,3H2. The maximum atomic E-state index is 10.7. The van der Waals surface area contributed by atoms with Gasteiger partial charge >= 0.3 is 0 Å². The van der Waals surface area contributed by atoms with Gasteiger partial charge in [-0.3, -0.25) is 4.79 Å². The monoisotopic (exact) mass is 119 g/mol. The van der Waals surface area contributed by atoms with Crippen molar-refractivity contribution in [3.63, 3.8) is 0 Å². The molecule has 0 amide bonds. The van der Waals surface area contributed by atoms with Gasteiger partial charge in [-0.2, -0.15) is 0 Å². The fourth-order valence-electron chi connectivity index (χ4n) is 0.986. The molecule has 0 unspecified atom stereocenters. The van der Waals surface area contributed by atoms with Crippen molar-refractivity contribution in [2.75, 3.05) is 0 Å². The summed E-state index contributed by atoms with van der Waals surface area (Å²) in [5.74, 6) is 0.0981. The molecule has 0 aliphatic heterocycles. The Balaban J connectivity index is 2.47. The second-order valence-electron chi connectivity index (χ2n) is 2.25. The predicted molar refractivity (Wildman–Crippen MR) is 33.5 cm³/mol. The van der Waals surface area contributed by atoms with E-state index in [0.29, 0.717) is 5.71 Å². The van der Waals surface area contributed by atoms with E-state index in [1.54, 1.807) is 6.08 Å². The minimum atomic E-state index is 0.0981. The maximum absolute atomic E-state index is 10.7. The average molecular weight is 119 g/mol. The summed E-state index contributed by atoms with van der Waals surface area (Å²) in [4.78, 5) is 10.7. The lowest BCUT2D eigenvalue weighted by Crippen LogP contribution is -1.96. The summed E-state index contributed by atoms with van der Waals surface area (Å²) in [7, 11) is 0. The molecule has 1 N–H and O–H groups in total. The smallest absolute Gasteiger partial charge is 0.182 e. The van der Waals surface area contributed by atoms with Crippen LogP contribution in [0.3, 0.4) is 0 Å². The van der Waals surface area contributed by atoms with Crippen molar-refractivity contribution in [3.05, 3.63) is 23.3 Å². The van der Waals surface area contributed by atoms with Gasteiger partial charge in [-0.25, -0.2) is 0 Å². The second-order valence-corrected chi connectivity index (χ2v) is 2.25. The molecule has 2 heteroatoms. The molecule has 2 rings (SSSR count). The number of nitrogens with one attached hydrogen (secondary N) is 1. The van der Waals surface area contributed by atoms with Gasteiger partial charge in [0.25, 0.3) is 0 Å². The molecule has 2 nitrogen and oxygen atoms in total. The van der Waals surface area contributed by atoms with Crippen molar-refractivity contribution in [1.29, 1.82) is 5.41 Å². The number of allylic oxidation sites excluding steroid dienone is 4. The molecule has 2 aliphatic rings. The van der Waals surface area contributed by atoms with Crippen LogP contribution in [0.4, 0.5) is 0 Å². The normalized spacial score (nSPS) is 22.7. The Morgan fingerprint density at radius 1 is 1.33 bits per heavy atom.